The van der Waals surface area contributed by atoms with Gasteiger partial charge in [-0.15, -0.1) is 0 Å². The van der Waals surface area contributed by atoms with E-state index in [2.05, 4.69) is 4.74 Å². The minimum absolute atomic E-state index is 0.896. The average molecular weight is 138 g/mol. The lowest BCUT2D eigenvalue weighted by Crippen LogP contribution is -2.05. The molecule has 1 heterocycles. The van der Waals surface area contributed by atoms with Crippen LogP contribution in [0.15, 0.2) is 0 Å². The van der Waals surface area contributed by atoms with Crippen molar-refractivity contribution in [2.75, 3.05) is 0 Å². The summed E-state index contributed by atoms with van der Waals surface area (Å²) >= 11 is 0. The van der Waals surface area contributed by atoms with Crippen LogP contribution >= 0.6 is 0 Å². The monoisotopic (exact) mass is 138 g/mol. The molecule has 1 unspecified atom stereocenters. The molecule has 0 aromatic carbocycles. The molecule has 1 saturated heterocycles. The standard InChI is InChI=1S/C2H2O5S/c3-1-2(7-1)8(4,5)6/h2H,(H,4,5,6). The van der Waals surface area contributed by atoms with Crippen LogP contribution in [0.25, 0.3) is 0 Å². The highest BCUT2D eigenvalue weighted by Gasteiger charge is 2.49. The number of ether oxygens (including phenoxy) is 1. The van der Waals surface area contributed by atoms with Gasteiger partial charge in [-0.2, -0.15) is 8.42 Å². The lowest BCUT2D eigenvalue weighted by atomic mass is 10.9. The molecule has 8 heavy (non-hydrogen) atoms. The molecule has 0 aromatic heterocycles. The number of carbonyl (C=O) groups is 1. The Morgan fingerprint density at radius 1 is 1.62 bits per heavy atom. The number of cyclic esters (lactones) is 1. The fraction of sp³-hybridized carbons (Fsp3) is 0.500. The lowest BCUT2D eigenvalue weighted by Gasteiger charge is -1.77. The number of hydrogen-bond acceptors (Lipinski definition) is 4. The maximum absolute atomic E-state index is 9.81. The van der Waals surface area contributed by atoms with Crippen molar-refractivity contribution in [3.05, 3.63) is 0 Å². The SMILES string of the molecule is O=C1OC1S(=O)(=O)O. The zero-order valence-electron chi connectivity index (χ0n) is 3.57. The van der Waals surface area contributed by atoms with Crippen LogP contribution in [0.3, 0.4) is 0 Å². The molecule has 0 radical (unpaired) electrons. The average Bonchev–Trinajstić information content (AvgIpc) is 2.13. The molecule has 0 spiro atoms. The van der Waals surface area contributed by atoms with Crippen molar-refractivity contribution in [2.45, 2.75) is 5.44 Å². The van der Waals surface area contributed by atoms with Crippen molar-refractivity contribution in [3.63, 3.8) is 0 Å². The summed E-state index contributed by atoms with van der Waals surface area (Å²) in [7, 11) is -4.25. The Kier molecular flexibility index (Phi) is 0.831. The zero-order chi connectivity index (χ0) is 6.36. The molecular weight excluding hydrogens is 136 g/mol. The van der Waals surface area contributed by atoms with E-state index in [0.717, 1.165) is 0 Å². The molecule has 6 heteroatoms. The number of hydrogen-bond donors (Lipinski definition) is 1. The van der Waals surface area contributed by atoms with Gasteiger partial charge in [-0.05, 0) is 0 Å². The van der Waals surface area contributed by atoms with E-state index in [1.165, 1.54) is 0 Å². The fourth-order valence-corrected chi connectivity index (χ4v) is 0.714. The lowest BCUT2D eigenvalue weighted by molar-refractivity contribution is -0.117. The maximum Gasteiger partial charge on any atom is 0.368 e. The third kappa shape index (κ3) is 0.797. The smallest absolute Gasteiger partial charge is 0.368 e. The summed E-state index contributed by atoms with van der Waals surface area (Å²) in [6.45, 7) is 0. The van der Waals surface area contributed by atoms with Crippen molar-refractivity contribution >= 4 is 16.1 Å². The summed E-state index contributed by atoms with van der Waals surface area (Å²) < 4.78 is 31.4. The van der Waals surface area contributed by atoms with Crippen LogP contribution in [-0.2, 0) is 19.6 Å². The first-order chi connectivity index (χ1) is 3.52. The summed E-state index contributed by atoms with van der Waals surface area (Å²) in [5.74, 6) is -0.896. The minimum atomic E-state index is -4.25. The second-order valence-electron chi connectivity index (χ2n) is 1.28. The summed E-state index contributed by atoms with van der Waals surface area (Å²) in [5.41, 5.74) is -1.59. The third-order valence-corrected chi connectivity index (χ3v) is 1.46. The molecule has 0 saturated carbocycles. The third-order valence-electron chi connectivity index (χ3n) is 0.629. The van der Waals surface area contributed by atoms with Gasteiger partial charge < -0.3 is 4.74 Å². The Balaban J connectivity index is 2.80. The van der Waals surface area contributed by atoms with Crippen molar-refractivity contribution in [1.29, 1.82) is 0 Å². The Morgan fingerprint density at radius 2 is 2.00 bits per heavy atom. The van der Waals surface area contributed by atoms with Gasteiger partial charge >= 0.3 is 21.5 Å². The molecule has 46 valence electrons. The molecule has 1 aliphatic rings. The minimum Gasteiger partial charge on any atom is -0.427 e. The predicted octanol–water partition coefficient (Wildman–Crippen LogP) is -1.24. The van der Waals surface area contributed by atoms with Gasteiger partial charge in [0.05, 0.1) is 0 Å². The molecule has 1 rings (SSSR count). The quantitative estimate of drug-likeness (QED) is 0.361. The Morgan fingerprint density at radius 3 is 2.00 bits per heavy atom. The predicted molar refractivity (Wildman–Crippen MR) is 21.4 cm³/mol. The zero-order valence-corrected chi connectivity index (χ0v) is 4.38. The van der Waals surface area contributed by atoms with E-state index < -0.39 is 21.5 Å². The van der Waals surface area contributed by atoms with E-state index in [1.807, 2.05) is 0 Å². The van der Waals surface area contributed by atoms with Gasteiger partial charge in [0, 0.05) is 0 Å². The highest BCUT2D eigenvalue weighted by molar-refractivity contribution is 7.87. The van der Waals surface area contributed by atoms with Crippen LogP contribution in [0.1, 0.15) is 0 Å². The van der Waals surface area contributed by atoms with Crippen molar-refractivity contribution in [3.8, 4) is 0 Å². The molecule has 0 aromatic rings. The first kappa shape index (κ1) is 5.52. The molecule has 1 aliphatic heterocycles. The van der Waals surface area contributed by atoms with Gasteiger partial charge in [-0.25, -0.2) is 4.79 Å². The van der Waals surface area contributed by atoms with Crippen molar-refractivity contribution < 1.29 is 22.5 Å². The van der Waals surface area contributed by atoms with E-state index in [1.54, 1.807) is 0 Å². The molecule has 5 nitrogen and oxygen atoms in total. The molecule has 1 N–H and O–H groups in total. The number of carbonyl (C=O) groups excluding carboxylic acids is 1. The summed E-state index contributed by atoms with van der Waals surface area (Å²) in [6, 6.07) is 0. The largest absolute Gasteiger partial charge is 0.427 e. The second kappa shape index (κ2) is 1.20. The topological polar surface area (TPSA) is 84.0 Å². The second-order valence-corrected chi connectivity index (χ2v) is 2.74. The highest BCUT2D eigenvalue weighted by Crippen LogP contribution is 2.16. The molecule has 0 aliphatic carbocycles. The van der Waals surface area contributed by atoms with Crippen LogP contribution in [0.4, 0.5) is 0 Å². The Labute approximate surface area is 45.0 Å². The molecule has 0 bridgehead atoms. The van der Waals surface area contributed by atoms with Crippen LogP contribution in [0.5, 0.6) is 0 Å². The molecule has 0 amide bonds. The van der Waals surface area contributed by atoms with Crippen LogP contribution in [-0.4, -0.2) is 24.4 Å². The normalized spacial score (nSPS) is 27.1. The van der Waals surface area contributed by atoms with Gasteiger partial charge in [-0.1, -0.05) is 0 Å². The van der Waals surface area contributed by atoms with Gasteiger partial charge in [-0.3, -0.25) is 4.55 Å². The first-order valence-electron chi connectivity index (χ1n) is 1.68. The van der Waals surface area contributed by atoms with Crippen LogP contribution < -0.4 is 0 Å². The summed E-state index contributed by atoms with van der Waals surface area (Å²) in [4.78, 5) is 9.77. The summed E-state index contributed by atoms with van der Waals surface area (Å²) in [5, 5.41) is 0. The van der Waals surface area contributed by atoms with Crippen LogP contribution in [0.2, 0.25) is 0 Å². The van der Waals surface area contributed by atoms with Crippen molar-refractivity contribution in [1.82, 2.24) is 0 Å². The molecule has 1 atom stereocenters. The van der Waals surface area contributed by atoms with E-state index in [0.29, 0.717) is 0 Å². The van der Waals surface area contributed by atoms with E-state index in [9.17, 15) is 13.2 Å². The van der Waals surface area contributed by atoms with Gasteiger partial charge in [0.2, 0.25) is 0 Å². The van der Waals surface area contributed by atoms with Crippen molar-refractivity contribution in [2.24, 2.45) is 0 Å². The Hall–Kier alpha value is -0.620. The number of rotatable bonds is 1. The van der Waals surface area contributed by atoms with Gasteiger partial charge in [0.25, 0.3) is 0 Å². The number of epoxide rings is 1. The highest BCUT2D eigenvalue weighted by atomic mass is 32.2. The van der Waals surface area contributed by atoms with E-state index in [-0.39, 0.29) is 0 Å². The van der Waals surface area contributed by atoms with Gasteiger partial charge in [0.15, 0.2) is 0 Å². The van der Waals surface area contributed by atoms with Gasteiger partial charge in [0.1, 0.15) is 0 Å². The van der Waals surface area contributed by atoms with E-state index >= 15 is 0 Å². The van der Waals surface area contributed by atoms with Crippen LogP contribution in [0, 0.1) is 0 Å². The maximum atomic E-state index is 9.81. The first-order valence-corrected chi connectivity index (χ1v) is 3.19. The molecular formula is C2H2O5S. The fourth-order valence-electron chi connectivity index (χ4n) is 0.254. The summed E-state index contributed by atoms with van der Waals surface area (Å²) in [6.07, 6.45) is 0. The molecule has 1 fully saturated rings. The Bertz CT molecular complexity index is 213. The van der Waals surface area contributed by atoms with E-state index in [4.69, 9.17) is 4.55 Å².